The molecule has 21 heavy (non-hydrogen) atoms. The maximum Gasteiger partial charge on any atom is 0.200 e. The van der Waals surface area contributed by atoms with Crippen LogP contribution < -0.4 is 10.2 Å². The lowest BCUT2D eigenvalue weighted by Gasteiger charge is -2.15. The van der Waals surface area contributed by atoms with Crippen LogP contribution in [-0.4, -0.2) is 26.1 Å². The number of para-hydroxylation sites is 1. The Morgan fingerprint density at radius 3 is 2.57 bits per heavy atom. The number of fused-ring (bicyclic) bond motifs is 2. The smallest absolute Gasteiger partial charge is 0.200 e. The molecule has 0 spiro atoms. The Balaban J connectivity index is 2.44. The van der Waals surface area contributed by atoms with E-state index in [1.807, 2.05) is 43.3 Å². The summed E-state index contributed by atoms with van der Waals surface area (Å²) in [6.45, 7) is 0.641. The van der Waals surface area contributed by atoms with Crippen molar-refractivity contribution in [1.82, 2.24) is 4.90 Å². The number of hydrogen-bond acceptors (Lipinski definition) is 4. The third-order valence-electron chi connectivity index (χ3n) is 3.50. The summed E-state index contributed by atoms with van der Waals surface area (Å²) in [5.74, 6) is 0.731. The van der Waals surface area contributed by atoms with Crippen LogP contribution >= 0.6 is 0 Å². The monoisotopic (exact) mass is 283 g/mol. The highest BCUT2D eigenvalue weighted by Gasteiger charge is 2.15. The van der Waals surface area contributed by atoms with Crippen LogP contribution in [0.25, 0.3) is 21.9 Å². The van der Waals surface area contributed by atoms with Crippen LogP contribution in [0.2, 0.25) is 0 Å². The lowest BCUT2D eigenvalue weighted by Crippen LogP contribution is -2.13. The van der Waals surface area contributed by atoms with Crippen LogP contribution in [0.4, 0.5) is 0 Å². The highest BCUT2D eigenvalue weighted by atomic mass is 16.5. The number of hydrogen-bond donors (Lipinski definition) is 0. The molecule has 3 aromatic rings. The molecule has 4 nitrogen and oxygen atoms in total. The quantitative estimate of drug-likeness (QED) is 0.693. The average molecular weight is 283 g/mol. The van der Waals surface area contributed by atoms with E-state index in [4.69, 9.17) is 9.15 Å². The summed E-state index contributed by atoms with van der Waals surface area (Å²) in [5.41, 5.74) is 2.09. The van der Waals surface area contributed by atoms with Crippen LogP contribution in [0.15, 0.2) is 45.6 Å². The van der Waals surface area contributed by atoms with Gasteiger partial charge >= 0.3 is 0 Å². The first-order chi connectivity index (χ1) is 10.1. The first kappa shape index (κ1) is 13.6. The maximum absolute atomic E-state index is 12.6. The van der Waals surface area contributed by atoms with Crippen molar-refractivity contribution < 1.29 is 9.15 Å². The largest absolute Gasteiger partial charge is 0.496 e. The third kappa shape index (κ3) is 2.28. The Morgan fingerprint density at radius 2 is 1.86 bits per heavy atom. The standard InChI is InChI=1S/C17H17NO3/c1-18(2)10-13-14(20-3)9-8-12-16(19)11-6-4-5-7-15(11)21-17(12)13/h4-9H,10H2,1-3H3. The molecule has 0 saturated carbocycles. The molecule has 2 aromatic carbocycles. The summed E-state index contributed by atoms with van der Waals surface area (Å²) in [4.78, 5) is 14.6. The fraction of sp³-hybridized carbons (Fsp3) is 0.235. The molecular formula is C17H17NO3. The van der Waals surface area contributed by atoms with Gasteiger partial charge in [-0.1, -0.05) is 12.1 Å². The lowest BCUT2D eigenvalue weighted by molar-refractivity contribution is 0.371. The van der Waals surface area contributed by atoms with Crippen molar-refractivity contribution in [3.05, 3.63) is 52.2 Å². The molecule has 4 heteroatoms. The second kappa shape index (κ2) is 5.22. The highest BCUT2D eigenvalue weighted by molar-refractivity contribution is 5.92. The fourth-order valence-corrected chi connectivity index (χ4v) is 2.56. The van der Waals surface area contributed by atoms with Gasteiger partial charge in [-0.3, -0.25) is 4.79 Å². The summed E-state index contributed by atoms with van der Waals surface area (Å²) in [5, 5.41) is 1.19. The second-order valence-corrected chi connectivity index (χ2v) is 5.29. The van der Waals surface area contributed by atoms with Crippen molar-refractivity contribution in [2.24, 2.45) is 0 Å². The summed E-state index contributed by atoms with van der Waals surface area (Å²) >= 11 is 0. The number of nitrogens with zero attached hydrogens (tertiary/aromatic N) is 1. The minimum atomic E-state index is -0.00508. The van der Waals surface area contributed by atoms with Crippen LogP contribution in [0.5, 0.6) is 5.75 Å². The van der Waals surface area contributed by atoms with Crippen molar-refractivity contribution in [3.8, 4) is 5.75 Å². The molecule has 0 bridgehead atoms. The zero-order valence-electron chi connectivity index (χ0n) is 12.3. The second-order valence-electron chi connectivity index (χ2n) is 5.29. The molecule has 0 saturated heterocycles. The zero-order chi connectivity index (χ0) is 15.0. The molecule has 3 rings (SSSR count). The maximum atomic E-state index is 12.6. The van der Waals surface area contributed by atoms with E-state index < -0.39 is 0 Å². The first-order valence-corrected chi connectivity index (χ1v) is 6.78. The van der Waals surface area contributed by atoms with Gasteiger partial charge in [0.2, 0.25) is 5.43 Å². The van der Waals surface area contributed by atoms with Crippen LogP contribution in [0, 0.1) is 0 Å². The van der Waals surface area contributed by atoms with Crippen LogP contribution in [0.3, 0.4) is 0 Å². The molecule has 0 aliphatic carbocycles. The summed E-state index contributed by atoms with van der Waals surface area (Å²) in [6.07, 6.45) is 0. The summed E-state index contributed by atoms with van der Waals surface area (Å²) < 4.78 is 11.4. The number of rotatable bonds is 3. The van der Waals surface area contributed by atoms with Gasteiger partial charge in [-0.15, -0.1) is 0 Å². The molecule has 1 aromatic heterocycles. The topological polar surface area (TPSA) is 42.7 Å². The van der Waals surface area contributed by atoms with Gasteiger partial charge in [-0.25, -0.2) is 0 Å². The first-order valence-electron chi connectivity index (χ1n) is 6.78. The fourth-order valence-electron chi connectivity index (χ4n) is 2.56. The van der Waals surface area contributed by atoms with Crippen molar-refractivity contribution in [2.45, 2.75) is 6.54 Å². The van der Waals surface area contributed by atoms with E-state index >= 15 is 0 Å². The normalized spacial score (nSPS) is 11.4. The molecular weight excluding hydrogens is 266 g/mol. The van der Waals surface area contributed by atoms with Crippen molar-refractivity contribution in [3.63, 3.8) is 0 Å². The van der Waals surface area contributed by atoms with Crippen LogP contribution in [0.1, 0.15) is 5.56 Å². The van der Waals surface area contributed by atoms with Gasteiger partial charge in [0.05, 0.1) is 23.4 Å². The Labute approximate surface area is 122 Å². The van der Waals surface area contributed by atoms with Crippen molar-refractivity contribution in [2.75, 3.05) is 21.2 Å². The van der Waals surface area contributed by atoms with E-state index in [1.165, 1.54) is 0 Å². The minimum absolute atomic E-state index is 0.00508. The van der Waals surface area contributed by atoms with Gasteiger partial charge in [-0.2, -0.15) is 0 Å². The van der Waals surface area contributed by atoms with Crippen LogP contribution in [-0.2, 0) is 6.54 Å². The number of benzene rings is 2. The highest BCUT2D eigenvalue weighted by Crippen LogP contribution is 2.29. The molecule has 1 heterocycles. The molecule has 0 amide bonds. The van der Waals surface area contributed by atoms with E-state index in [9.17, 15) is 4.79 Å². The molecule has 0 fully saturated rings. The van der Waals surface area contributed by atoms with Crippen molar-refractivity contribution in [1.29, 1.82) is 0 Å². The van der Waals surface area contributed by atoms with E-state index in [0.717, 1.165) is 11.3 Å². The van der Waals surface area contributed by atoms with Gasteiger partial charge < -0.3 is 14.1 Å². The Morgan fingerprint density at radius 1 is 1.10 bits per heavy atom. The van der Waals surface area contributed by atoms with E-state index in [2.05, 4.69) is 0 Å². The summed E-state index contributed by atoms with van der Waals surface area (Å²) in [7, 11) is 5.56. The van der Waals surface area contributed by atoms with Gasteiger partial charge in [-0.05, 0) is 38.4 Å². The molecule has 108 valence electrons. The average Bonchev–Trinajstić information content (AvgIpc) is 2.48. The van der Waals surface area contributed by atoms with Gasteiger partial charge in [0.25, 0.3) is 0 Å². The molecule has 0 atom stereocenters. The van der Waals surface area contributed by atoms with E-state index in [0.29, 0.717) is 28.5 Å². The zero-order valence-corrected chi connectivity index (χ0v) is 12.3. The SMILES string of the molecule is COc1ccc2c(=O)c3ccccc3oc2c1CN(C)C. The van der Waals surface area contributed by atoms with Gasteiger partial charge in [0, 0.05) is 6.54 Å². The minimum Gasteiger partial charge on any atom is -0.496 e. The van der Waals surface area contributed by atoms with Crippen molar-refractivity contribution >= 4 is 21.9 Å². The number of methoxy groups -OCH3 is 1. The van der Waals surface area contributed by atoms with Gasteiger partial charge in [0.15, 0.2) is 0 Å². The molecule has 0 aliphatic heterocycles. The molecule has 0 N–H and O–H groups in total. The molecule has 0 aliphatic rings. The third-order valence-corrected chi connectivity index (χ3v) is 3.50. The Hall–Kier alpha value is -2.33. The summed E-state index contributed by atoms with van der Waals surface area (Å²) in [6, 6.07) is 10.9. The molecule has 0 unspecified atom stereocenters. The number of ether oxygens (including phenoxy) is 1. The molecule has 0 radical (unpaired) electrons. The Bertz CT molecular complexity index is 865. The Kier molecular flexibility index (Phi) is 3.39. The van der Waals surface area contributed by atoms with Gasteiger partial charge in [0.1, 0.15) is 16.9 Å². The predicted octanol–water partition coefficient (Wildman–Crippen LogP) is 3.02. The van der Waals surface area contributed by atoms with E-state index in [-0.39, 0.29) is 5.43 Å². The predicted molar refractivity (Wildman–Crippen MR) is 83.9 cm³/mol. The lowest BCUT2D eigenvalue weighted by atomic mass is 10.1. The van der Waals surface area contributed by atoms with E-state index in [1.54, 1.807) is 19.2 Å².